The van der Waals surface area contributed by atoms with Crippen LogP contribution in [0.2, 0.25) is 5.02 Å². The molecule has 1 aliphatic carbocycles. The Hall–Kier alpha value is -3.37. The van der Waals surface area contributed by atoms with Crippen molar-refractivity contribution in [3.05, 3.63) is 52.8 Å². The number of nitrogens with one attached hydrogen (secondary N) is 1. The van der Waals surface area contributed by atoms with Crippen molar-refractivity contribution in [3.63, 3.8) is 0 Å². The second kappa shape index (κ2) is 8.07. The molecule has 1 amide bonds. The minimum atomic E-state index is -0.0175. The monoisotopic (exact) mass is 500 g/mol. The van der Waals surface area contributed by atoms with Gasteiger partial charge in [-0.25, -0.2) is 4.98 Å². The lowest BCUT2D eigenvalue weighted by Crippen LogP contribution is -2.59. The highest BCUT2D eigenvalue weighted by molar-refractivity contribution is 6.35. The lowest BCUT2D eigenvalue weighted by molar-refractivity contribution is -0.136. The van der Waals surface area contributed by atoms with E-state index >= 15 is 0 Å². The van der Waals surface area contributed by atoms with Crippen molar-refractivity contribution < 1.29 is 4.79 Å². The van der Waals surface area contributed by atoms with Crippen molar-refractivity contribution in [2.24, 2.45) is 10.8 Å². The first-order valence-corrected chi connectivity index (χ1v) is 12.9. The van der Waals surface area contributed by atoms with Gasteiger partial charge in [0.25, 0.3) is 0 Å². The summed E-state index contributed by atoms with van der Waals surface area (Å²) in [4.78, 5) is 21.3. The van der Waals surface area contributed by atoms with Gasteiger partial charge in [-0.15, -0.1) is 0 Å². The molecule has 0 saturated carbocycles. The standard InChI is InChI=1S/C28H29ClN6O/c1-4-23(36)35-15-28(16-35)9-10-34(14-28)26-18(12-30)24(17-7-8-27(2,3)11-22(17)32-26)25-19-13-31-33-21(19)6-5-20(25)29/h4-6,13H,1,7-11,14-16H2,2-3H3,(H,31,33). The van der Waals surface area contributed by atoms with E-state index in [-0.39, 0.29) is 16.7 Å². The average Bonchev–Trinajstić information content (AvgIpc) is 3.48. The fraction of sp³-hybridized carbons (Fsp3) is 0.429. The summed E-state index contributed by atoms with van der Waals surface area (Å²) in [5.74, 6) is 0.724. The minimum Gasteiger partial charge on any atom is -0.355 e. The molecule has 3 aliphatic rings. The number of aromatic amines is 1. The summed E-state index contributed by atoms with van der Waals surface area (Å²) in [7, 11) is 0. The summed E-state index contributed by atoms with van der Waals surface area (Å²) < 4.78 is 0. The molecule has 0 radical (unpaired) electrons. The highest BCUT2D eigenvalue weighted by atomic mass is 35.5. The lowest BCUT2D eigenvalue weighted by Gasteiger charge is -2.47. The number of H-pyrrole nitrogens is 1. The molecule has 2 fully saturated rings. The molecule has 1 N–H and O–H groups in total. The van der Waals surface area contributed by atoms with Crippen LogP contribution < -0.4 is 4.90 Å². The van der Waals surface area contributed by atoms with Crippen molar-refractivity contribution in [1.82, 2.24) is 20.1 Å². The van der Waals surface area contributed by atoms with Crippen molar-refractivity contribution in [1.29, 1.82) is 5.26 Å². The van der Waals surface area contributed by atoms with Crippen LogP contribution in [0, 0.1) is 22.2 Å². The number of anilines is 1. The number of likely N-dealkylation sites (tertiary alicyclic amines) is 1. The number of nitrogens with zero attached hydrogens (tertiary/aromatic N) is 5. The summed E-state index contributed by atoms with van der Waals surface area (Å²) in [6, 6.07) is 6.33. The summed E-state index contributed by atoms with van der Waals surface area (Å²) in [5, 5.41) is 19.4. The van der Waals surface area contributed by atoms with Crippen LogP contribution >= 0.6 is 11.6 Å². The molecular weight excluding hydrogens is 472 g/mol. The zero-order chi connectivity index (χ0) is 25.2. The van der Waals surface area contributed by atoms with Gasteiger partial charge in [0.05, 0.1) is 11.7 Å². The maximum absolute atomic E-state index is 12.0. The number of carbonyl (C=O) groups is 1. The molecule has 1 aromatic carbocycles. The van der Waals surface area contributed by atoms with Crippen LogP contribution in [0.15, 0.2) is 31.0 Å². The lowest BCUT2D eigenvalue weighted by atomic mass is 9.74. The molecule has 0 atom stereocenters. The third kappa shape index (κ3) is 3.50. The third-order valence-electron chi connectivity index (χ3n) is 8.27. The molecule has 8 heteroatoms. The van der Waals surface area contributed by atoms with E-state index in [2.05, 4.69) is 41.6 Å². The van der Waals surface area contributed by atoms with Gasteiger partial charge in [0.1, 0.15) is 17.5 Å². The first-order chi connectivity index (χ1) is 17.2. The van der Waals surface area contributed by atoms with Crippen LogP contribution in [-0.4, -0.2) is 52.2 Å². The van der Waals surface area contributed by atoms with Gasteiger partial charge in [-0.1, -0.05) is 32.0 Å². The Morgan fingerprint density at radius 1 is 1.25 bits per heavy atom. The molecule has 2 saturated heterocycles. The summed E-state index contributed by atoms with van der Waals surface area (Å²) in [5.41, 5.74) is 5.62. The van der Waals surface area contributed by atoms with Gasteiger partial charge in [-0.05, 0) is 54.9 Å². The van der Waals surface area contributed by atoms with Gasteiger partial charge in [0.2, 0.25) is 5.91 Å². The zero-order valence-corrected chi connectivity index (χ0v) is 21.5. The van der Waals surface area contributed by atoms with Crippen LogP contribution in [-0.2, 0) is 17.6 Å². The number of fused-ring (bicyclic) bond motifs is 2. The maximum Gasteiger partial charge on any atom is 0.245 e. The smallest absolute Gasteiger partial charge is 0.245 e. The number of hydrogen-bond acceptors (Lipinski definition) is 5. The fourth-order valence-corrected chi connectivity index (χ4v) is 6.62. The second-order valence-corrected chi connectivity index (χ2v) is 11.8. The van der Waals surface area contributed by atoms with Crippen LogP contribution in [0.25, 0.3) is 22.0 Å². The Morgan fingerprint density at radius 3 is 2.81 bits per heavy atom. The first kappa shape index (κ1) is 23.1. The zero-order valence-electron chi connectivity index (χ0n) is 20.7. The van der Waals surface area contributed by atoms with Crippen LogP contribution in [0.1, 0.15) is 43.5 Å². The number of nitriles is 1. The van der Waals surface area contributed by atoms with E-state index in [9.17, 15) is 10.1 Å². The van der Waals surface area contributed by atoms with E-state index in [1.165, 1.54) is 6.08 Å². The molecule has 6 rings (SSSR count). The molecule has 184 valence electrons. The highest BCUT2D eigenvalue weighted by Gasteiger charge is 2.49. The summed E-state index contributed by atoms with van der Waals surface area (Å²) in [6.07, 6.45) is 6.88. The number of benzene rings is 1. The Balaban J connectivity index is 1.50. The summed E-state index contributed by atoms with van der Waals surface area (Å²) in [6.45, 7) is 11.2. The fourth-order valence-electron chi connectivity index (χ4n) is 6.36. The number of halogens is 1. The molecule has 0 bridgehead atoms. The average molecular weight is 501 g/mol. The van der Waals surface area contributed by atoms with Crippen molar-refractivity contribution in [2.45, 2.75) is 39.5 Å². The molecule has 2 aliphatic heterocycles. The van der Waals surface area contributed by atoms with E-state index < -0.39 is 0 Å². The first-order valence-electron chi connectivity index (χ1n) is 12.5. The molecule has 7 nitrogen and oxygen atoms in total. The Bertz CT molecular complexity index is 1460. The molecule has 3 aromatic rings. The van der Waals surface area contributed by atoms with E-state index in [0.717, 1.165) is 91.0 Å². The van der Waals surface area contributed by atoms with Crippen LogP contribution in [0.4, 0.5) is 5.82 Å². The largest absolute Gasteiger partial charge is 0.355 e. The molecular formula is C28H29ClN6O. The quantitative estimate of drug-likeness (QED) is 0.517. The van der Waals surface area contributed by atoms with E-state index in [0.29, 0.717) is 10.6 Å². The maximum atomic E-state index is 12.0. The molecule has 0 unspecified atom stereocenters. The highest BCUT2D eigenvalue weighted by Crippen LogP contribution is 2.48. The number of pyridine rings is 1. The number of rotatable bonds is 3. The number of amides is 1. The predicted molar refractivity (Wildman–Crippen MR) is 141 cm³/mol. The topological polar surface area (TPSA) is 88.9 Å². The van der Waals surface area contributed by atoms with Gasteiger partial charge >= 0.3 is 0 Å². The number of hydrogen-bond donors (Lipinski definition) is 1. The van der Waals surface area contributed by atoms with Gasteiger partial charge in [0.15, 0.2) is 0 Å². The molecule has 36 heavy (non-hydrogen) atoms. The summed E-state index contributed by atoms with van der Waals surface area (Å²) >= 11 is 6.84. The van der Waals surface area contributed by atoms with Gasteiger partial charge < -0.3 is 9.80 Å². The third-order valence-corrected chi connectivity index (χ3v) is 8.59. The van der Waals surface area contributed by atoms with Crippen molar-refractivity contribution >= 4 is 34.2 Å². The normalized spacial score (nSPS) is 19.7. The molecule has 1 spiro atoms. The van der Waals surface area contributed by atoms with Gasteiger partial charge in [-0.3, -0.25) is 9.89 Å². The number of carbonyl (C=O) groups excluding carboxylic acids is 1. The minimum absolute atomic E-state index is 0.0175. The van der Waals surface area contributed by atoms with Crippen LogP contribution in [0.3, 0.4) is 0 Å². The van der Waals surface area contributed by atoms with Gasteiger partial charge in [-0.2, -0.15) is 10.4 Å². The Labute approximate surface area is 215 Å². The van der Waals surface area contributed by atoms with Crippen molar-refractivity contribution in [3.8, 4) is 17.2 Å². The molecule has 2 aromatic heterocycles. The number of aromatic nitrogens is 3. The Morgan fingerprint density at radius 2 is 2.06 bits per heavy atom. The van der Waals surface area contributed by atoms with E-state index in [1.54, 1.807) is 6.20 Å². The van der Waals surface area contributed by atoms with Crippen LogP contribution in [0.5, 0.6) is 0 Å². The second-order valence-electron chi connectivity index (χ2n) is 11.4. The predicted octanol–water partition coefficient (Wildman–Crippen LogP) is 4.89. The van der Waals surface area contributed by atoms with E-state index in [1.807, 2.05) is 17.0 Å². The van der Waals surface area contributed by atoms with Crippen molar-refractivity contribution in [2.75, 3.05) is 31.1 Å². The van der Waals surface area contributed by atoms with Gasteiger partial charge in [0, 0.05) is 58.8 Å². The van der Waals surface area contributed by atoms with E-state index in [4.69, 9.17) is 16.6 Å². The molecule has 4 heterocycles. The Kier molecular flexibility index (Phi) is 5.17. The SMILES string of the molecule is C=CC(=O)N1CC2(CCN(c3nc4c(c(-c5c(Cl)ccc6[nH]ncc56)c3C#N)CCC(C)(C)C4)C2)C1.